The third kappa shape index (κ3) is 25.8. The number of ether oxygens (including phenoxy) is 1. The molecule has 0 heterocycles. The van der Waals surface area contributed by atoms with E-state index in [0.29, 0.717) is 0 Å². The topological polar surface area (TPSA) is 489 Å². The molecule has 0 aromatic heterocycles. The van der Waals surface area contributed by atoms with Gasteiger partial charge in [-0.1, -0.05) is 30.3 Å². The van der Waals surface area contributed by atoms with Crippen molar-refractivity contribution in [2.75, 3.05) is 0 Å². The Morgan fingerprint density at radius 1 is 0.292 bits per heavy atom. The lowest BCUT2D eigenvalue weighted by Gasteiger charge is -2.32. The molecule has 0 aliphatic heterocycles. The van der Waals surface area contributed by atoms with E-state index in [-0.39, 0.29) is 6.61 Å². The lowest BCUT2D eigenvalue weighted by molar-refractivity contribution is -0.153. The number of hydrogen-bond donors (Lipinski definition) is 16. The molecule has 0 bridgehead atoms. The summed E-state index contributed by atoms with van der Waals surface area (Å²) in [4.78, 5) is 211. The van der Waals surface area contributed by atoms with Gasteiger partial charge < -0.3 is 90.2 Å². The van der Waals surface area contributed by atoms with Crippen LogP contribution >= 0.6 is 0 Å². The number of esters is 1. The van der Waals surface area contributed by atoms with Gasteiger partial charge in [0.2, 0.25) is 88.6 Å². The molecule has 96 heavy (non-hydrogen) atoms. The number of amides is 15. The molecule has 17 N–H and O–H groups in total. The molecule has 8 atom stereocenters. The average molecular weight is 1360 g/mol. The fourth-order valence-electron chi connectivity index (χ4n) is 7.79. The zero-order valence-electron chi connectivity index (χ0n) is 59.7. The average Bonchev–Trinajstić information content (AvgIpc) is 1.00. The molecule has 0 aliphatic rings. The van der Waals surface area contributed by atoms with E-state index < -0.39 is 187 Å². The number of hydrogen-bond acceptors (Lipinski definition) is 18. The molecule has 0 saturated heterocycles. The summed E-state index contributed by atoms with van der Waals surface area (Å²) in [6.07, 6.45) is 0. The van der Waals surface area contributed by atoms with Crippen LogP contribution in [-0.4, -0.2) is 187 Å². The Balaban J connectivity index is 2.79. The molecular formula is C63H104N16O17. The fourth-order valence-corrected chi connectivity index (χ4v) is 7.79. The van der Waals surface area contributed by atoms with Crippen LogP contribution in [0.2, 0.25) is 0 Å². The van der Waals surface area contributed by atoms with E-state index >= 15 is 0 Å². The van der Waals surface area contributed by atoms with Gasteiger partial charge in [-0.15, -0.1) is 0 Å². The summed E-state index contributed by atoms with van der Waals surface area (Å²) in [6.45, 7) is 32.3. The quantitative estimate of drug-likeness (QED) is 0.0308. The highest BCUT2D eigenvalue weighted by molar-refractivity contribution is 6.03. The Labute approximate surface area is 561 Å². The minimum Gasteiger partial charge on any atom is -0.459 e. The fraction of sp³-hybridized carbons (Fsp3) is 0.651. The zero-order valence-corrected chi connectivity index (χ0v) is 59.7. The van der Waals surface area contributed by atoms with Gasteiger partial charge in [0.25, 0.3) is 0 Å². The lowest BCUT2D eigenvalue weighted by atomic mass is 10.0. The van der Waals surface area contributed by atoms with E-state index in [4.69, 9.17) is 10.5 Å². The number of benzene rings is 1. The Bertz CT molecular complexity index is 3120. The van der Waals surface area contributed by atoms with Crippen LogP contribution in [0.5, 0.6) is 0 Å². The summed E-state index contributed by atoms with van der Waals surface area (Å²) < 4.78 is 5.35. The summed E-state index contributed by atoms with van der Waals surface area (Å²) >= 11 is 0. The van der Waals surface area contributed by atoms with Crippen molar-refractivity contribution in [3.63, 3.8) is 0 Å². The maximum absolute atomic E-state index is 13.5. The van der Waals surface area contributed by atoms with Crippen molar-refractivity contribution in [2.45, 2.75) is 265 Å². The van der Waals surface area contributed by atoms with Gasteiger partial charge in [0.05, 0.1) is 6.04 Å². The second-order valence-corrected chi connectivity index (χ2v) is 28.1. The van der Waals surface area contributed by atoms with Crippen molar-refractivity contribution < 1.29 is 81.4 Å². The third-order valence-corrected chi connectivity index (χ3v) is 14.8. The number of carbonyl (C=O) groups excluding carboxylic acids is 16. The van der Waals surface area contributed by atoms with Crippen molar-refractivity contribution >= 4 is 94.6 Å². The molecule has 1 rings (SSSR count). The van der Waals surface area contributed by atoms with Crippen LogP contribution in [0, 0.1) is 0 Å². The molecule has 8 unspecified atom stereocenters. The number of rotatable bonds is 33. The second-order valence-electron chi connectivity index (χ2n) is 28.1. The van der Waals surface area contributed by atoms with Gasteiger partial charge in [0, 0.05) is 0 Å². The molecular weight excluding hydrogens is 1250 g/mol. The van der Waals surface area contributed by atoms with Gasteiger partial charge in [0.15, 0.2) is 0 Å². The van der Waals surface area contributed by atoms with E-state index in [1.807, 2.05) is 6.07 Å². The first-order valence-electron chi connectivity index (χ1n) is 31.1. The van der Waals surface area contributed by atoms with Gasteiger partial charge in [-0.25, -0.2) is 4.79 Å². The van der Waals surface area contributed by atoms with Crippen LogP contribution in [-0.2, 0) is 88.1 Å². The normalized spacial score (nSPS) is 14.7. The van der Waals surface area contributed by atoms with E-state index in [2.05, 4.69) is 79.8 Å². The third-order valence-electron chi connectivity index (χ3n) is 14.8. The van der Waals surface area contributed by atoms with Crippen molar-refractivity contribution in [1.29, 1.82) is 0 Å². The first kappa shape index (κ1) is 84.7. The summed E-state index contributed by atoms with van der Waals surface area (Å²) in [5.74, 6) is -12.8. The second kappa shape index (κ2) is 33.4. The summed E-state index contributed by atoms with van der Waals surface area (Å²) in [5.41, 5.74) is -6.77. The monoisotopic (exact) mass is 1360 g/mol. The zero-order chi connectivity index (χ0) is 75.0. The first-order valence-corrected chi connectivity index (χ1v) is 31.1. The van der Waals surface area contributed by atoms with E-state index in [0.717, 1.165) is 5.56 Å². The van der Waals surface area contributed by atoms with E-state index in [1.54, 1.807) is 24.3 Å². The van der Waals surface area contributed by atoms with Gasteiger partial charge in [-0.05, 0) is 172 Å². The number of nitrogens with two attached hydrogens (primary N) is 1. The highest BCUT2D eigenvalue weighted by atomic mass is 16.5. The predicted octanol–water partition coefficient (Wildman–Crippen LogP) is -3.23. The van der Waals surface area contributed by atoms with Crippen molar-refractivity contribution in [3.8, 4) is 0 Å². The van der Waals surface area contributed by atoms with Crippen molar-refractivity contribution in [3.05, 3.63) is 35.9 Å². The predicted molar refractivity (Wildman–Crippen MR) is 351 cm³/mol. The molecule has 1 aromatic rings. The maximum atomic E-state index is 13.5. The summed E-state index contributed by atoms with van der Waals surface area (Å²) in [7, 11) is 0. The molecule has 0 radical (unpaired) electrons. The standard InChI is InChI=1S/C63H104N16O17/c1-31(64)40(80)72-56(9,10)48(88)65-32(2)41(81)73-57(11,12)49(89)66-33(3)42(82)74-58(13,14)50(90)67-34(4)43(83)75-59(15,16)51(91)68-35(5)44(84)76-60(17,18)52(92)69-36(6)45(85)77-61(19,20)53(93)70-37(7)46(86)78-62(21,22)54(94)71-38(8)47(87)79-63(23,24)55(95)96-30-39-28-26-25-27-29-39/h25-29,31-38H,30,64H2,1-24H3,(H,65,88)(H,66,89)(H,67,90)(H,68,91)(H,69,92)(H,70,93)(H,71,94)(H,72,80)(H,73,81)(H,74,82)(H,75,83)(H,76,84)(H,77,85)(H,78,86)(H,79,87). The molecule has 33 heteroatoms. The Morgan fingerprint density at radius 3 is 0.635 bits per heavy atom. The van der Waals surface area contributed by atoms with E-state index in [1.165, 1.54) is 166 Å². The SMILES string of the molecule is CC(N)C(=O)NC(C)(C)C(=O)NC(C)C(=O)NC(C)(C)C(=O)NC(C)C(=O)NC(C)(C)C(=O)NC(C)C(=O)NC(C)(C)C(=O)NC(C)C(=O)NC(C)(C)C(=O)NC(C)C(=O)NC(C)(C)C(=O)NC(C)C(=O)NC(C)(C)C(=O)NC(C)C(=O)NC(C)(C)C(=O)OCc1ccccc1. The van der Waals surface area contributed by atoms with Gasteiger partial charge in [-0.3, -0.25) is 71.9 Å². The Hall–Kier alpha value is -9.30. The van der Waals surface area contributed by atoms with Crippen LogP contribution in [0.3, 0.4) is 0 Å². The first-order chi connectivity index (χ1) is 43.4. The highest BCUT2D eigenvalue weighted by Crippen LogP contribution is 2.14. The van der Waals surface area contributed by atoms with Crippen LogP contribution in [0.15, 0.2) is 30.3 Å². The van der Waals surface area contributed by atoms with Crippen molar-refractivity contribution in [2.24, 2.45) is 5.73 Å². The van der Waals surface area contributed by atoms with Crippen molar-refractivity contribution in [1.82, 2.24) is 79.8 Å². The van der Waals surface area contributed by atoms with Gasteiger partial charge in [0.1, 0.15) is 93.2 Å². The molecule has 538 valence electrons. The Morgan fingerprint density at radius 2 is 0.458 bits per heavy atom. The van der Waals surface area contributed by atoms with Gasteiger partial charge in [-0.2, -0.15) is 0 Å². The minimum absolute atomic E-state index is 0.0267. The van der Waals surface area contributed by atoms with Crippen LogP contribution in [0.1, 0.15) is 172 Å². The molecule has 15 amide bonds. The number of nitrogens with one attached hydrogen (secondary N) is 15. The molecule has 0 saturated carbocycles. The van der Waals surface area contributed by atoms with Gasteiger partial charge >= 0.3 is 5.97 Å². The van der Waals surface area contributed by atoms with Crippen LogP contribution in [0.25, 0.3) is 0 Å². The molecule has 0 spiro atoms. The number of carbonyl (C=O) groups is 16. The Kier molecular flexibility index (Phi) is 29.5. The minimum atomic E-state index is -1.73. The highest BCUT2D eigenvalue weighted by Gasteiger charge is 2.43. The summed E-state index contributed by atoms with van der Waals surface area (Å²) in [6, 6.07) is -0.905. The maximum Gasteiger partial charge on any atom is 0.331 e. The molecule has 0 fully saturated rings. The smallest absolute Gasteiger partial charge is 0.331 e. The van der Waals surface area contributed by atoms with Crippen LogP contribution < -0.4 is 85.5 Å². The summed E-state index contributed by atoms with van der Waals surface area (Å²) in [5, 5.41) is 37.2. The van der Waals surface area contributed by atoms with E-state index in [9.17, 15) is 76.7 Å². The lowest BCUT2D eigenvalue weighted by Crippen LogP contribution is -2.65. The van der Waals surface area contributed by atoms with Crippen LogP contribution in [0.4, 0.5) is 0 Å². The largest absolute Gasteiger partial charge is 0.459 e. The molecule has 33 nitrogen and oxygen atoms in total. The molecule has 0 aliphatic carbocycles. The molecule has 1 aromatic carbocycles.